The van der Waals surface area contributed by atoms with Crippen LogP contribution in [-0.4, -0.2) is 56.9 Å². The van der Waals surface area contributed by atoms with Crippen molar-refractivity contribution in [3.8, 4) is 11.5 Å². The second-order valence-corrected chi connectivity index (χ2v) is 5.36. The summed E-state index contributed by atoms with van der Waals surface area (Å²) in [5.74, 6) is 1.41. The number of nitrogens with two attached hydrogens (primary N) is 1. The number of hydrogen-bond acceptors (Lipinski definition) is 5. The average Bonchev–Trinajstić information content (AvgIpc) is 2.55. The number of piperidine rings is 1. The van der Waals surface area contributed by atoms with Gasteiger partial charge in [0.05, 0.1) is 13.7 Å². The van der Waals surface area contributed by atoms with Gasteiger partial charge in [0.2, 0.25) is 5.91 Å². The van der Waals surface area contributed by atoms with Crippen molar-refractivity contribution in [2.24, 2.45) is 5.73 Å². The van der Waals surface area contributed by atoms with E-state index in [2.05, 4.69) is 0 Å². The number of carbonyl (C=O) groups is 1. The third-order valence-electron chi connectivity index (χ3n) is 3.78. The van der Waals surface area contributed by atoms with E-state index in [0.717, 1.165) is 24.3 Å². The lowest BCUT2D eigenvalue weighted by atomic mass is 10.1. The number of ether oxygens (including phenoxy) is 3. The smallest absolute Gasteiger partial charge is 0.241 e. The van der Waals surface area contributed by atoms with Crippen LogP contribution in [-0.2, 0) is 9.53 Å². The zero-order valence-electron chi connectivity index (χ0n) is 13.2. The maximum Gasteiger partial charge on any atom is 0.241 e. The van der Waals surface area contributed by atoms with Crippen LogP contribution < -0.4 is 15.2 Å². The summed E-state index contributed by atoms with van der Waals surface area (Å²) < 4.78 is 16.2. The standard InChI is InChI=1S/C16H24N2O4/c1-20-11-13(17)16(19)18-9-7-12(8-10-18)22-15-6-4-3-5-14(15)21-2/h3-6,12-13H,7-11,17H2,1-2H3/t13-/m1/s1. The molecule has 122 valence electrons. The van der Waals surface area contributed by atoms with Gasteiger partial charge in [0.25, 0.3) is 0 Å². The van der Waals surface area contributed by atoms with Gasteiger partial charge in [-0.15, -0.1) is 0 Å². The summed E-state index contributed by atoms with van der Waals surface area (Å²) >= 11 is 0. The van der Waals surface area contributed by atoms with Gasteiger partial charge in [-0.25, -0.2) is 0 Å². The molecule has 0 spiro atoms. The third-order valence-corrected chi connectivity index (χ3v) is 3.78. The van der Waals surface area contributed by atoms with Gasteiger partial charge < -0.3 is 24.8 Å². The van der Waals surface area contributed by atoms with E-state index in [1.165, 1.54) is 0 Å². The van der Waals surface area contributed by atoms with Crippen LogP contribution in [0.1, 0.15) is 12.8 Å². The Kier molecular flexibility index (Phi) is 6.03. The summed E-state index contributed by atoms with van der Waals surface area (Å²) in [4.78, 5) is 13.9. The minimum atomic E-state index is -0.586. The molecule has 1 saturated heterocycles. The predicted molar refractivity (Wildman–Crippen MR) is 83.1 cm³/mol. The largest absolute Gasteiger partial charge is 0.493 e. The first kappa shape index (κ1) is 16.6. The maximum absolute atomic E-state index is 12.1. The molecule has 0 saturated carbocycles. The molecule has 1 aliphatic rings. The first-order valence-electron chi connectivity index (χ1n) is 7.48. The molecule has 1 amide bonds. The van der Waals surface area contributed by atoms with E-state index in [0.29, 0.717) is 13.1 Å². The van der Waals surface area contributed by atoms with Crippen LogP contribution in [0.15, 0.2) is 24.3 Å². The monoisotopic (exact) mass is 308 g/mol. The quantitative estimate of drug-likeness (QED) is 0.850. The van der Waals surface area contributed by atoms with E-state index < -0.39 is 6.04 Å². The van der Waals surface area contributed by atoms with Crippen molar-refractivity contribution in [1.29, 1.82) is 0 Å². The molecule has 0 aliphatic carbocycles. The molecule has 1 aromatic rings. The molecule has 22 heavy (non-hydrogen) atoms. The molecular weight excluding hydrogens is 284 g/mol. The second-order valence-electron chi connectivity index (χ2n) is 5.36. The predicted octanol–water partition coefficient (Wildman–Crippen LogP) is 1.04. The Morgan fingerprint density at radius 3 is 2.50 bits per heavy atom. The number of nitrogens with zero attached hydrogens (tertiary/aromatic N) is 1. The van der Waals surface area contributed by atoms with Gasteiger partial charge in [-0.1, -0.05) is 12.1 Å². The van der Waals surface area contributed by atoms with Crippen molar-refractivity contribution in [3.05, 3.63) is 24.3 Å². The molecule has 0 unspecified atom stereocenters. The topological polar surface area (TPSA) is 74.0 Å². The van der Waals surface area contributed by atoms with Gasteiger partial charge in [-0.05, 0) is 12.1 Å². The summed E-state index contributed by atoms with van der Waals surface area (Å²) in [5.41, 5.74) is 5.79. The van der Waals surface area contributed by atoms with E-state index in [9.17, 15) is 4.79 Å². The molecule has 0 aromatic heterocycles. The summed E-state index contributed by atoms with van der Waals surface area (Å²) in [7, 11) is 3.17. The number of para-hydroxylation sites is 2. The fourth-order valence-electron chi connectivity index (χ4n) is 2.58. The molecular formula is C16H24N2O4. The average molecular weight is 308 g/mol. The van der Waals surface area contributed by atoms with Crippen molar-refractivity contribution >= 4 is 5.91 Å². The lowest BCUT2D eigenvalue weighted by molar-refractivity contribution is -0.135. The number of methoxy groups -OCH3 is 2. The molecule has 6 nitrogen and oxygen atoms in total. The Balaban J connectivity index is 1.86. The molecule has 2 N–H and O–H groups in total. The highest BCUT2D eigenvalue weighted by molar-refractivity contribution is 5.81. The van der Waals surface area contributed by atoms with Crippen LogP contribution in [0.2, 0.25) is 0 Å². The highest BCUT2D eigenvalue weighted by atomic mass is 16.5. The second kappa shape index (κ2) is 8.00. The molecule has 0 bridgehead atoms. The van der Waals surface area contributed by atoms with Crippen LogP contribution in [0.4, 0.5) is 0 Å². The number of hydrogen-bond donors (Lipinski definition) is 1. The summed E-state index contributed by atoms with van der Waals surface area (Å²) in [6, 6.07) is 7.00. The Morgan fingerprint density at radius 1 is 1.27 bits per heavy atom. The van der Waals surface area contributed by atoms with E-state index in [1.807, 2.05) is 24.3 Å². The SMILES string of the molecule is COC[C@@H](N)C(=O)N1CCC(Oc2ccccc2OC)CC1. The molecule has 2 rings (SSSR count). The molecule has 0 radical (unpaired) electrons. The van der Waals surface area contributed by atoms with Crippen LogP contribution >= 0.6 is 0 Å². The normalized spacial score (nSPS) is 17.1. The number of carbonyl (C=O) groups excluding carboxylic acids is 1. The zero-order valence-corrected chi connectivity index (χ0v) is 13.2. The maximum atomic E-state index is 12.1. The Morgan fingerprint density at radius 2 is 1.91 bits per heavy atom. The molecule has 1 atom stereocenters. The van der Waals surface area contributed by atoms with Crippen LogP contribution in [0, 0.1) is 0 Å². The van der Waals surface area contributed by atoms with E-state index in [4.69, 9.17) is 19.9 Å². The minimum absolute atomic E-state index is 0.0578. The summed E-state index contributed by atoms with van der Waals surface area (Å²) in [5, 5.41) is 0. The van der Waals surface area contributed by atoms with Crippen LogP contribution in [0.5, 0.6) is 11.5 Å². The fraction of sp³-hybridized carbons (Fsp3) is 0.562. The number of likely N-dealkylation sites (tertiary alicyclic amines) is 1. The number of benzene rings is 1. The van der Waals surface area contributed by atoms with E-state index in [-0.39, 0.29) is 18.6 Å². The number of amides is 1. The molecule has 1 heterocycles. The number of rotatable bonds is 6. The molecule has 1 aliphatic heterocycles. The third kappa shape index (κ3) is 4.11. The van der Waals surface area contributed by atoms with Crippen molar-refractivity contribution < 1.29 is 19.0 Å². The Bertz CT molecular complexity index is 487. The Hall–Kier alpha value is -1.79. The Labute approximate surface area is 131 Å². The van der Waals surface area contributed by atoms with Crippen molar-refractivity contribution in [1.82, 2.24) is 4.90 Å². The summed E-state index contributed by atoms with van der Waals surface area (Å²) in [6.07, 6.45) is 1.64. The van der Waals surface area contributed by atoms with Crippen molar-refractivity contribution in [3.63, 3.8) is 0 Å². The summed E-state index contributed by atoms with van der Waals surface area (Å²) in [6.45, 7) is 1.54. The van der Waals surface area contributed by atoms with Gasteiger partial charge >= 0.3 is 0 Å². The van der Waals surface area contributed by atoms with Crippen LogP contribution in [0.3, 0.4) is 0 Å². The highest BCUT2D eigenvalue weighted by Crippen LogP contribution is 2.28. The van der Waals surface area contributed by atoms with Gasteiger partial charge in [0.15, 0.2) is 11.5 Å². The highest BCUT2D eigenvalue weighted by Gasteiger charge is 2.27. The zero-order chi connectivity index (χ0) is 15.9. The van der Waals surface area contributed by atoms with Gasteiger partial charge in [0.1, 0.15) is 12.1 Å². The lowest BCUT2D eigenvalue weighted by Gasteiger charge is -2.33. The van der Waals surface area contributed by atoms with Gasteiger partial charge in [-0.2, -0.15) is 0 Å². The van der Waals surface area contributed by atoms with Gasteiger partial charge in [-0.3, -0.25) is 4.79 Å². The first-order valence-corrected chi connectivity index (χ1v) is 7.48. The van der Waals surface area contributed by atoms with E-state index >= 15 is 0 Å². The molecule has 1 aromatic carbocycles. The molecule has 1 fully saturated rings. The first-order chi connectivity index (χ1) is 10.7. The van der Waals surface area contributed by atoms with E-state index in [1.54, 1.807) is 19.1 Å². The van der Waals surface area contributed by atoms with Gasteiger partial charge in [0, 0.05) is 33.0 Å². The lowest BCUT2D eigenvalue weighted by Crippen LogP contribution is -2.50. The molecule has 6 heteroatoms. The van der Waals surface area contributed by atoms with Crippen molar-refractivity contribution in [2.45, 2.75) is 25.0 Å². The van der Waals surface area contributed by atoms with Crippen LogP contribution in [0.25, 0.3) is 0 Å². The fourth-order valence-corrected chi connectivity index (χ4v) is 2.58. The minimum Gasteiger partial charge on any atom is -0.493 e. The van der Waals surface area contributed by atoms with Crippen molar-refractivity contribution in [2.75, 3.05) is 33.9 Å².